The van der Waals surface area contributed by atoms with Crippen LogP contribution in [-0.2, 0) is 16.1 Å². The molecule has 0 fully saturated rings. The Bertz CT molecular complexity index is 1060. The average Bonchev–Trinajstić information content (AvgIpc) is 3.40. The van der Waals surface area contributed by atoms with Crippen LogP contribution < -0.4 is 4.74 Å². The van der Waals surface area contributed by atoms with Crippen molar-refractivity contribution in [1.82, 2.24) is 9.88 Å². The molecule has 0 aliphatic carbocycles. The number of aromatic nitrogens is 1. The molecule has 0 aliphatic heterocycles. The molecule has 0 radical (unpaired) electrons. The number of amides is 1. The summed E-state index contributed by atoms with van der Waals surface area (Å²) in [6.07, 6.45) is 6.21. The molecule has 0 N–H and O–H groups in total. The van der Waals surface area contributed by atoms with E-state index in [1.165, 1.54) is 0 Å². The number of nitrogens with zero attached hydrogens (tertiary/aromatic N) is 2. The number of hydrogen-bond acceptors (Lipinski definition) is 6. The third-order valence-corrected chi connectivity index (χ3v) is 5.57. The van der Waals surface area contributed by atoms with Gasteiger partial charge in [-0.15, -0.1) is 0 Å². The van der Waals surface area contributed by atoms with E-state index in [0.717, 1.165) is 36.1 Å². The van der Waals surface area contributed by atoms with Crippen LogP contribution in [0.25, 0.3) is 11.3 Å². The number of ether oxygens (including phenoxy) is 2. The molecule has 3 aromatic rings. The Morgan fingerprint density at radius 2 is 1.86 bits per heavy atom. The number of pyridine rings is 1. The monoisotopic (exact) mass is 478 g/mol. The molecule has 3 rings (SSSR count). The fourth-order valence-electron chi connectivity index (χ4n) is 3.67. The highest BCUT2D eigenvalue weighted by atomic mass is 16.5. The first-order chi connectivity index (χ1) is 17.0. The van der Waals surface area contributed by atoms with E-state index in [0.29, 0.717) is 37.6 Å². The van der Waals surface area contributed by atoms with E-state index in [2.05, 4.69) is 4.98 Å². The van der Waals surface area contributed by atoms with Crippen molar-refractivity contribution in [2.24, 2.45) is 0 Å². The summed E-state index contributed by atoms with van der Waals surface area (Å²) in [4.78, 5) is 30.9. The van der Waals surface area contributed by atoms with Gasteiger partial charge in [-0.3, -0.25) is 14.6 Å². The number of carbonyl (C=O) groups excluding carboxylic acids is 2. The summed E-state index contributed by atoms with van der Waals surface area (Å²) in [5.41, 5.74) is 2.14. The maximum Gasteiger partial charge on any atom is 0.305 e. The van der Waals surface area contributed by atoms with Crippen molar-refractivity contribution in [2.75, 3.05) is 13.2 Å². The summed E-state index contributed by atoms with van der Waals surface area (Å²) in [7, 11) is 0. The van der Waals surface area contributed by atoms with Gasteiger partial charge in [0.15, 0.2) is 0 Å². The highest BCUT2D eigenvalue weighted by Gasteiger charge is 2.22. The van der Waals surface area contributed by atoms with E-state index >= 15 is 0 Å². The second-order valence-corrected chi connectivity index (χ2v) is 8.51. The lowest BCUT2D eigenvalue weighted by atomic mass is 10.1. The Balaban J connectivity index is 1.59. The van der Waals surface area contributed by atoms with Crippen LogP contribution in [-0.4, -0.2) is 41.0 Å². The van der Waals surface area contributed by atoms with Crippen molar-refractivity contribution < 1.29 is 23.5 Å². The van der Waals surface area contributed by atoms with Crippen LogP contribution in [0.3, 0.4) is 0 Å². The van der Waals surface area contributed by atoms with Gasteiger partial charge in [-0.25, -0.2) is 0 Å². The molecule has 0 spiro atoms. The number of para-hydroxylation sites is 1. The molecule has 0 saturated heterocycles. The first kappa shape index (κ1) is 26.0. The molecule has 0 unspecified atom stereocenters. The quantitative estimate of drug-likeness (QED) is 0.225. The predicted octanol–water partition coefficient (Wildman–Crippen LogP) is 5.89. The van der Waals surface area contributed by atoms with Crippen molar-refractivity contribution in [2.45, 2.75) is 59.0 Å². The highest BCUT2D eigenvalue weighted by Crippen LogP contribution is 2.23. The van der Waals surface area contributed by atoms with Crippen LogP contribution in [0.5, 0.6) is 5.75 Å². The van der Waals surface area contributed by atoms with E-state index in [4.69, 9.17) is 13.9 Å². The van der Waals surface area contributed by atoms with Crippen molar-refractivity contribution >= 4 is 11.9 Å². The zero-order valence-electron chi connectivity index (χ0n) is 20.7. The number of unbranched alkanes of at least 4 members (excludes halogenated alkanes) is 2. The summed E-state index contributed by atoms with van der Waals surface area (Å²) in [6, 6.07) is 15.0. The Morgan fingerprint density at radius 1 is 1.03 bits per heavy atom. The Morgan fingerprint density at radius 3 is 2.54 bits per heavy atom. The van der Waals surface area contributed by atoms with E-state index in [9.17, 15) is 9.59 Å². The molecule has 7 heteroatoms. The van der Waals surface area contributed by atoms with Crippen LogP contribution in [0.1, 0.15) is 62.5 Å². The van der Waals surface area contributed by atoms with Gasteiger partial charge in [0.2, 0.25) is 0 Å². The van der Waals surface area contributed by atoms with Crippen LogP contribution in [0, 0.1) is 0 Å². The summed E-state index contributed by atoms with van der Waals surface area (Å²) < 4.78 is 16.4. The van der Waals surface area contributed by atoms with E-state index < -0.39 is 0 Å². The predicted molar refractivity (Wildman–Crippen MR) is 134 cm³/mol. The lowest BCUT2D eigenvalue weighted by Crippen LogP contribution is -2.37. The van der Waals surface area contributed by atoms with E-state index in [1.54, 1.807) is 23.4 Å². The molecule has 2 aromatic heterocycles. The molecule has 1 amide bonds. The van der Waals surface area contributed by atoms with Gasteiger partial charge in [-0.05, 0) is 70.4 Å². The van der Waals surface area contributed by atoms with Gasteiger partial charge in [0.1, 0.15) is 17.2 Å². The maximum absolute atomic E-state index is 13.3. The summed E-state index contributed by atoms with van der Waals surface area (Å²) >= 11 is 0. The van der Waals surface area contributed by atoms with Gasteiger partial charge < -0.3 is 18.8 Å². The fraction of sp³-hybridized carbons (Fsp3) is 0.393. The second-order valence-electron chi connectivity index (χ2n) is 8.51. The number of furan rings is 1. The first-order valence-electron chi connectivity index (χ1n) is 12.2. The molecule has 0 saturated carbocycles. The number of rotatable bonds is 13. The van der Waals surface area contributed by atoms with Crippen molar-refractivity contribution in [1.29, 1.82) is 0 Å². The smallest absolute Gasteiger partial charge is 0.305 e. The zero-order valence-corrected chi connectivity index (χ0v) is 20.7. The minimum absolute atomic E-state index is 0.0232. The van der Waals surface area contributed by atoms with Crippen LogP contribution in [0.15, 0.2) is 65.4 Å². The van der Waals surface area contributed by atoms with Gasteiger partial charge in [0.25, 0.3) is 5.91 Å². The van der Waals surface area contributed by atoms with Gasteiger partial charge in [-0.2, -0.15) is 0 Å². The molecule has 0 atom stereocenters. The van der Waals surface area contributed by atoms with Crippen molar-refractivity contribution in [3.05, 3.63) is 72.2 Å². The third kappa shape index (κ3) is 7.70. The Kier molecular flexibility index (Phi) is 9.90. The van der Waals surface area contributed by atoms with Gasteiger partial charge in [-0.1, -0.05) is 18.2 Å². The van der Waals surface area contributed by atoms with Crippen LogP contribution in [0.4, 0.5) is 0 Å². The number of benzene rings is 1. The maximum atomic E-state index is 13.3. The summed E-state index contributed by atoms with van der Waals surface area (Å²) in [5.74, 6) is 1.18. The fourth-order valence-corrected chi connectivity index (χ4v) is 3.67. The van der Waals surface area contributed by atoms with E-state index in [-0.39, 0.29) is 17.9 Å². The highest BCUT2D eigenvalue weighted by molar-refractivity contribution is 5.92. The molecule has 0 aliphatic rings. The number of hydrogen-bond donors (Lipinski definition) is 0. The van der Waals surface area contributed by atoms with Crippen LogP contribution >= 0.6 is 0 Å². The van der Waals surface area contributed by atoms with Gasteiger partial charge in [0, 0.05) is 36.3 Å². The average molecular weight is 479 g/mol. The van der Waals surface area contributed by atoms with Gasteiger partial charge in [0.05, 0.1) is 19.5 Å². The molecular weight excluding hydrogens is 444 g/mol. The standard InChI is InChI=1S/C28H34N2O5/c1-4-33-27(31)14-6-5-9-17-34-26-12-8-7-11-23(26)20-30(21(2)3)28(32)24-16-15-22(19-29-24)25-13-10-18-35-25/h7-8,10-13,15-16,18-19,21H,4-6,9,14,17,20H2,1-3H3. The molecular formula is C28H34N2O5. The molecule has 7 nitrogen and oxygen atoms in total. The molecule has 0 bridgehead atoms. The molecule has 186 valence electrons. The SMILES string of the molecule is CCOC(=O)CCCCCOc1ccccc1CN(C(=O)c1ccc(-c2ccco2)cn1)C(C)C. The lowest BCUT2D eigenvalue weighted by molar-refractivity contribution is -0.143. The van der Waals surface area contributed by atoms with E-state index in [1.807, 2.05) is 63.2 Å². The van der Waals surface area contributed by atoms with Crippen molar-refractivity contribution in [3.63, 3.8) is 0 Å². The molecule has 1 aromatic carbocycles. The Labute approximate surface area is 207 Å². The van der Waals surface area contributed by atoms with Crippen LogP contribution in [0.2, 0.25) is 0 Å². The number of carbonyl (C=O) groups is 2. The number of esters is 1. The van der Waals surface area contributed by atoms with Gasteiger partial charge >= 0.3 is 5.97 Å². The normalized spacial score (nSPS) is 10.9. The first-order valence-corrected chi connectivity index (χ1v) is 12.2. The largest absolute Gasteiger partial charge is 0.493 e. The second kappa shape index (κ2) is 13.3. The summed E-state index contributed by atoms with van der Waals surface area (Å²) in [6.45, 7) is 7.17. The minimum Gasteiger partial charge on any atom is -0.493 e. The lowest BCUT2D eigenvalue weighted by Gasteiger charge is -2.27. The topological polar surface area (TPSA) is 81.9 Å². The molecule has 35 heavy (non-hydrogen) atoms. The molecule has 2 heterocycles. The summed E-state index contributed by atoms with van der Waals surface area (Å²) in [5, 5.41) is 0. The zero-order chi connectivity index (χ0) is 25.0. The minimum atomic E-state index is -0.151. The Hall–Kier alpha value is -3.61. The van der Waals surface area contributed by atoms with Crippen molar-refractivity contribution in [3.8, 4) is 17.1 Å². The third-order valence-electron chi connectivity index (χ3n) is 5.57.